The van der Waals surface area contributed by atoms with Crippen LogP contribution in [0.5, 0.6) is 0 Å². The van der Waals surface area contributed by atoms with E-state index in [4.69, 9.17) is 0 Å². The molecule has 98 valence electrons. The van der Waals surface area contributed by atoms with Crippen molar-refractivity contribution >= 4 is 35.1 Å². The topological polar surface area (TPSA) is 54.9 Å². The predicted molar refractivity (Wildman–Crippen MR) is 81.5 cm³/mol. The molecule has 0 radical (unpaired) electrons. The zero-order valence-corrected chi connectivity index (χ0v) is 12.1. The Balaban J connectivity index is 2.30. The maximum Gasteiger partial charge on any atom is 0.227 e. The number of nitrogens with one attached hydrogen (secondary N) is 1. The van der Waals surface area contributed by atoms with E-state index in [1.54, 1.807) is 12.4 Å². The molecule has 0 aliphatic rings. The standard InChI is InChI=1S/C13H16BN3OS/c1-8(2)11(18)17-13-10(14-3)16-12(19-13)9-5-4-6-15-7-9/h4-8,14H,1-3H3,(H,17,18). The average molecular weight is 273 g/mol. The summed E-state index contributed by atoms with van der Waals surface area (Å²) < 4.78 is 0. The van der Waals surface area contributed by atoms with Crippen LogP contribution in [0.4, 0.5) is 5.00 Å². The number of thiazole rings is 1. The maximum absolute atomic E-state index is 11.8. The van der Waals surface area contributed by atoms with Crippen molar-refractivity contribution in [2.75, 3.05) is 5.32 Å². The van der Waals surface area contributed by atoms with Crippen molar-refractivity contribution in [2.24, 2.45) is 5.92 Å². The molecule has 0 bridgehead atoms. The molecule has 2 aromatic heterocycles. The molecule has 4 nitrogen and oxygen atoms in total. The number of hydrogen-bond donors (Lipinski definition) is 1. The molecule has 0 aliphatic carbocycles. The zero-order valence-electron chi connectivity index (χ0n) is 11.3. The Morgan fingerprint density at radius 3 is 2.84 bits per heavy atom. The van der Waals surface area contributed by atoms with Crippen molar-refractivity contribution in [3.63, 3.8) is 0 Å². The molecule has 6 heteroatoms. The monoisotopic (exact) mass is 273 g/mol. The Hall–Kier alpha value is -1.69. The Morgan fingerprint density at radius 2 is 2.26 bits per heavy atom. The molecule has 1 N–H and O–H groups in total. The molecule has 2 aromatic rings. The van der Waals surface area contributed by atoms with Crippen molar-refractivity contribution in [1.29, 1.82) is 0 Å². The molecule has 0 fully saturated rings. The van der Waals surface area contributed by atoms with Crippen LogP contribution in [-0.2, 0) is 4.79 Å². The highest BCUT2D eigenvalue weighted by Gasteiger charge is 2.15. The van der Waals surface area contributed by atoms with Gasteiger partial charge in [0.1, 0.15) is 10.0 Å². The molecule has 2 rings (SSSR count). The minimum Gasteiger partial charge on any atom is -0.317 e. The van der Waals surface area contributed by atoms with Crippen molar-refractivity contribution in [2.45, 2.75) is 20.7 Å². The van der Waals surface area contributed by atoms with Gasteiger partial charge >= 0.3 is 0 Å². The van der Waals surface area contributed by atoms with Crippen LogP contribution in [0, 0.1) is 5.92 Å². The predicted octanol–water partition coefficient (Wildman–Crippen LogP) is 1.91. The second-order valence-electron chi connectivity index (χ2n) is 4.53. The highest BCUT2D eigenvalue weighted by Crippen LogP contribution is 2.26. The quantitative estimate of drug-likeness (QED) is 0.866. The van der Waals surface area contributed by atoms with Gasteiger partial charge in [0.05, 0.1) is 0 Å². The van der Waals surface area contributed by atoms with E-state index in [-0.39, 0.29) is 11.8 Å². The first kappa shape index (κ1) is 13.7. The first-order chi connectivity index (χ1) is 9.11. The summed E-state index contributed by atoms with van der Waals surface area (Å²) in [4.78, 5) is 20.5. The van der Waals surface area contributed by atoms with Crippen molar-refractivity contribution in [3.8, 4) is 10.6 Å². The molecule has 0 aliphatic heterocycles. The van der Waals surface area contributed by atoms with Gasteiger partial charge in [-0.05, 0) is 12.1 Å². The average Bonchev–Trinajstić information content (AvgIpc) is 2.82. The summed E-state index contributed by atoms with van der Waals surface area (Å²) >= 11 is 1.50. The Bertz CT molecular complexity index is 569. The Labute approximate surface area is 117 Å². The number of nitrogens with zero attached hydrogens (tertiary/aromatic N) is 2. The van der Waals surface area contributed by atoms with E-state index in [2.05, 4.69) is 15.3 Å². The van der Waals surface area contributed by atoms with E-state index >= 15 is 0 Å². The van der Waals surface area contributed by atoms with E-state index in [9.17, 15) is 4.79 Å². The van der Waals surface area contributed by atoms with Crippen molar-refractivity contribution in [3.05, 3.63) is 24.5 Å². The van der Waals surface area contributed by atoms with Crippen LogP contribution < -0.4 is 10.9 Å². The second-order valence-corrected chi connectivity index (χ2v) is 5.53. The third kappa shape index (κ3) is 3.20. The van der Waals surface area contributed by atoms with Gasteiger partial charge < -0.3 is 5.32 Å². The van der Waals surface area contributed by atoms with Gasteiger partial charge in [0, 0.05) is 29.5 Å². The molecule has 0 aromatic carbocycles. The molecular weight excluding hydrogens is 257 g/mol. The number of pyridine rings is 1. The summed E-state index contributed by atoms with van der Waals surface area (Å²) in [5, 5.41) is 4.69. The number of rotatable bonds is 4. The van der Waals surface area contributed by atoms with E-state index in [1.165, 1.54) is 11.3 Å². The summed E-state index contributed by atoms with van der Waals surface area (Å²) in [6.07, 6.45) is 3.52. The van der Waals surface area contributed by atoms with Gasteiger partial charge in [-0.15, -0.1) is 0 Å². The van der Waals surface area contributed by atoms with Crippen LogP contribution in [-0.4, -0.2) is 23.2 Å². The van der Waals surface area contributed by atoms with E-state index in [1.807, 2.05) is 32.8 Å². The van der Waals surface area contributed by atoms with Gasteiger partial charge in [-0.2, -0.15) is 0 Å². The Kier molecular flexibility index (Phi) is 4.32. The van der Waals surface area contributed by atoms with Crippen LogP contribution in [0.2, 0.25) is 6.82 Å². The molecular formula is C13H16BN3OS. The van der Waals surface area contributed by atoms with Gasteiger partial charge in [0.15, 0.2) is 7.28 Å². The molecule has 0 saturated carbocycles. The fraction of sp³-hybridized carbons (Fsp3) is 0.308. The molecule has 0 saturated heterocycles. The van der Waals surface area contributed by atoms with E-state index in [0.717, 1.165) is 28.4 Å². The van der Waals surface area contributed by atoms with Gasteiger partial charge in [-0.1, -0.05) is 32.0 Å². The third-order valence-electron chi connectivity index (χ3n) is 2.70. The van der Waals surface area contributed by atoms with Crippen LogP contribution in [0.25, 0.3) is 10.6 Å². The van der Waals surface area contributed by atoms with Crippen LogP contribution >= 0.6 is 11.3 Å². The highest BCUT2D eigenvalue weighted by molar-refractivity contribution is 7.20. The molecule has 1 amide bonds. The van der Waals surface area contributed by atoms with Crippen molar-refractivity contribution in [1.82, 2.24) is 9.97 Å². The fourth-order valence-electron chi connectivity index (χ4n) is 1.56. The van der Waals surface area contributed by atoms with Gasteiger partial charge in [0.2, 0.25) is 5.91 Å². The van der Waals surface area contributed by atoms with E-state index < -0.39 is 0 Å². The lowest BCUT2D eigenvalue weighted by molar-refractivity contribution is -0.118. The number of carbonyl (C=O) groups is 1. The summed E-state index contributed by atoms with van der Waals surface area (Å²) in [6, 6.07) is 3.86. The molecule has 0 spiro atoms. The third-order valence-corrected chi connectivity index (χ3v) is 3.76. The smallest absolute Gasteiger partial charge is 0.227 e. The van der Waals surface area contributed by atoms with Crippen LogP contribution in [0.15, 0.2) is 24.5 Å². The summed E-state index contributed by atoms with van der Waals surface area (Å²) in [5.41, 5.74) is 1.91. The van der Waals surface area contributed by atoms with Gasteiger partial charge in [-0.3, -0.25) is 9.78 Å². The number of carbonyl (C=O) groups excluding carboxylic acids is 1. The summed E-state index contributed by atoms with van der Waals surface area (Å²) in [5.74, 6) is -0.00950. The number of anilines is 1. The lowest BCUT2D eigenvalue weighted by atomic mass is 9.78. The maximum atomic E-state index is 11.8. The molecule has 2 heterocycles. The SMILES string of the molecule is CBc1nc(-c2cccnc2)sc1NC(=O)C(C)C. The minimum absolute atomic E-state index is 0.0242. The largest absolute Gasteiger partial charge is 0.317 e. The molecule has 0 unspecified atom stereocenters. The van der Waals surface area contributed by atoms with Crippen LogP contribution in [0.3, 0.4) is 0 Å². The minimum atomic E-state index is -0.0337. The first-order valence-corrected chi connectivity index (χ1v) is 7.14. The van der Waals surface area contributed by atoms with Crippen LogP contribution in [0.1, 0.15) is 13.8 Å². The van der Waals surface area contributed by atoms with Crippen molar-refractivity contribution < 1.29 is 4.79 Å². The number of hydrogen-bond acceptors (Lipinski definition) is 4. The van der Waals surface area contributed by atoms with Gasteiger partial charge in [0.25, 0.3) is 0 Å². The fourth-order valence-corrected chi connectivity index (χ4v) is 2.61. The summed E-state index contributed by atoms with van der Waals surface area (Å²) in [6.45, 7) is 5.79. The first-order valence-electron chi connectivity index (χ1n) is 6.32. The molecule has 19 heavy (non-hydrogen) atoms. The highest BCUT2D eigenvalue weighted by atomic mass is 32.1. The lowest BCUT2D eigenvalue weighted by Crippen LogP contribution is -2.23. The molecule has 0 atom stereocenters. The van der Waals surface area contributed by atoms with Gasteiger partial charge in [-0.25, -0.2) is 4.98 Å². The van der Waals surface area contributed by atoms with E-state index in [0.29, 0.717) is 0 Å². The lowest BCUT2D eigenvalue weighted by Gasteiger charge is -2.05. The zero-order chi connectivity index (χ0) is 13.8. The number of aromatic nitrogens is 2. The summed E-state index contributed by atoms with van der Waals surface area (Å²) in [7, 11) is 0.796. The second kappa shape index (κ2) is 5.97. The number of amides is 1. The Morgan fingerprint density at radius 1 is 1.47 bits per heavy atom. The normalized spacial score (nSPS) is 10.5.